The summed E-state index contributed by atoms with van der Waals surface area (Å²) >= 11 is 0. The third-order valence-corrected chi connectivity index (χ3v) is 3.87. The number of aromatic nitrogens is 2. The highest BCUT2D eigenvalue weighted by molar-refractivity contribution is 5.96. The molecule has 2 aromatic carbocycles. The first-order valence-corrected chi connectivity index (χ1v) is 8.34. The number of nitrogens with zero attached hydrogens (tertiary/aromatic N) is 2. The minimum atomic E-state index is -0.377. The van der Waals surface area contributed by atoms with Crippen LogP contribution in [-0.2, 0) is 0 Å². The van der Waals surface area contributed by atoms with Gasteiger partial charge >= 0.3 is 0 Å². The van der Waals surface area contributed by atoms with Gasteiger partial charge in [0.05, 0.1) is 12.6 Å². The van der Waals surface area contributed by atoms with Crippen molar-refractivity contribution in [3.8, 4) is 5.75 Å². The van der Waals surface area contributed by atoms with Gasteiger partial charge in [-0.05, 0) is 30.2 Å². The average molecular weight is 348 g/mol. The summed E-state index contributed by atoms with van der Waals surface area (Å²) < 4.78 is 5.49. The number of benzene rings is 2. The van der Waals surface area contributed by atoms with Crippen molar-refractivity contribution < 1.29 is 9.53 Å². The quantitative estimate of drug-likeness (QED) is 0.715. The van der Waals surface area contributed by atoms with Crippen LogP contribution >= 0.6 is 0 Å². The van der Waals surface area contributed by atoms with Crippen molar-refractivity contribution >= 4 is 11.7 Å². The number of carbonyl (C=O) groups excluding carboxylic acids is 1. The van der Waals surface area contributed by atoms with Crippen LogP contribution < -0.4 is 15.8 Å². The number of rotatable bonds is 6. The molecule has 3 N–H and O–H groups in total. The Morgan fingerprint density at radius 2 is 1.69 bits per heavy atom. The van der Waals surface area contributed by atoms with Crippen LogP contribution in [0.1, 0.15) is 34.6 Å². The molecule has 1 aromatic heterocycles. The van der Waals surface area contributed by atoms with Crippen LogP contribution in [0.5, 0.6) is 5.75 Å². The Balaban J connectivity index is 1.91. The Morgan fingerprint density at radius 1 is 1.04 bits per heavy atom. The minimum Gasteiger partial charge on any atom is -0.494 e. The van der Waals surface area contributed by atoms with Crippen LogP contribution in [0.4, 0.5) is 5.82 Å². The van der Waals surface area contributed by atoms with E-state index in [0.717, 1.165) is 16.9 Å². The number of nitrogens with one attached hydrogen (secondary N) is 1. The molecule has 0 saturated heterocycles. The Morgan fingerprint density at radius 3 is 2.35 bits per heavy atom. The summed E-state index contributed by atoms with van der Waals surface area (Å²) in [5.74, 6) is 0.509. The molecule has 0 aliphatic heterocycles. The zero-order chi connectivity index (χ0) is 18.4. The van der Waals surface area contributed by atoms with Gasteiger partial charge in [0.2, 0.25) is 0 Å². The fraction of sp³-hybridized carbons (Fsp3) is 0.150. The number of anilines is 1. The maximum absolute atomic E-state index is 12.7. The predicted octanol–water partition coefficient (Wildman–Crippen LogP) is 2.98. The molecular formula is C20H20N4O2. The maximum Gasteiger partial charge on any atom is 0.274 e. The highest BCUT2D eigenvalue weighted by Crippen LogP contribution is 2.25. The Labute approximate surface area is 152 Å². The van der Waals surface area contributed by atoms with Gasteiger partial charge in [-0.3, -0.25) is 4.79 Å². The van der Waals surface area contributed by atoms with Gasteiger partial charge in [0, 0.05) is 12.4 Å². The average Bonchev–Trinajstić information content (AvgIpc) is 2.68. The molecule has 6 nitrogen and oxygen atoms in total. The fourth-order valence-corrected chi connectivity index (χ4v) is 2.65. The smallest absolute Gasteiger partial charge is 0.274 e. The first-order valence-electron chi connectivity index (χ1n) is 8.34. The van der Waals surface area contributed by atoms with Crippen molar-refractivity contribution in [2.75, 3.05) is 12.3 Å². The fourth-order valence-electron chi connectivity index (χ4n) is 2.65. The summed E-state index contributed by atoms with van der Waals surface area (Å²) in [4.78, 5) is 20.6. The number of nitrogen functional groups attached to an aromatic ring is 1. The monoisotopic (exact) mass is 348 g/mol. The zero-order valence-electron chi connectivity index (χ0n) is 14.4. The van der Waals surface area contributed by atoms with E-state index >= 15 is 0 Å². The van der Waals surface area contributed by atoms with Gasteiger partial charge < -0.3 is 15.8 Å². The summed E-state index contributed by atoms with van der Waals surface area (Å²) in [7, 11) is 0. The second-order valence-corrected chi connectivity index (χ2v) is 5.61. The van der Waals surface area contributed by atoms with Gasteiger partial charge in [-0.2, -0.15) is 0 Å². The van der Waals surface area contributed by atoms with Crippen LogP contribution in [0.25, 0.3) is 0 Å². The molecular weight excluding hydrogens is 328 g/mol. The van der Waals surface area contributed by atoms with E-state index in [4.69, 9.17) is 10.5 Å². The molecule has 0 fully saturated rings. The van der Waals surface area contributed by atoms with E-state index in [1.54, 1.807) is 0 Å². The summed E-state index contributed by atoms with van der Waals surface area (Å²) in [6.45, 7) is 2.54. The first kappa shape index (κ1) is 17.4. The summed E-state index contributed by atoms with van der Waals surface area (Å²) in [6, 6.07) is 17.0. The SMILES string of the molecule is CCOc1ccc(C(NC(=O)c2nccnc2N)c2ccccc2)cc1. The van der Waals surface area contributed by atoms with E-state index in [-0.39, 0.29) is 23.5 Å². The van der Waals surface area contributed by atoms with Gasteiger partial charge in [-0.15, -0.1) is 0 Å². The summed E-state index contributed by atoms with van der Waals surface area (Å²) in [5, 5.41) is 3.00. The van der Waals surface area contributed by atoms with Gasteiger partial charge in [0.25, 0.3) is 5.91 Å². The lowest BCUT2D eigenvalue weighted by atomic mass is 9.98. The third kappa shape index (κ3) is 3.97. The van der Waals surface area contributed by atoms with Crippen LogP contribution in [-0.4, -0.2) is 22.5 Å². The molecule has 1 unspecified atom stereocenters. The second-order valence-electron chi connectivity index (χ2n) is 5.61. The molecule has 3 rings (SSSR count). The van der Waals surface area contributed by atoms with E-state index < -0.39 is 0 Å². The molecule has 1 amide bonds. The second kappa shape index (κ2) is 8.11. The van der Waals surface area contributed by atoms with Crippen molar-refractivity contribution in [2.45, 2.75) is 13.0 Å². The van der Waals surface area contributed by atoms with Crippen molar-refractivity contribution in [1.82, 2.24) is 15.3 Å². The van der Waals surface area contributed by atoms with Crippen LogP contribution in [0.2, 0.25) is 0 Å². The maximum atomic E-state index is 12.7. The molecule has 1 atom stereocenters. The number of ether oxygens (including phenoxy) is 1. The van der Waals surface area contributed by atoms with E-state index in [0.29, 0.717) is 6.61 Å². The van der Waals surface area contributed by atoms with Gasteiger partial charge in [-0.25, -0.2) is 9.97 Å². The molecule has 6 heteroatoms. The normalized spacial score (nSPS) is 11.6. The lowest BCUT2D eigenvalue weighted by Crippen LogP contribution is -2.30. The molecule has 0 radical (unpaired) electrons. The number of hydrogen-bond donors (Lipinski definition) is 2. The van der Waals surface area contributed by atoms with E-state index in [1.165, 1.54) is 12.4 Å². The summed E-state index contributed by atoms with van der Waals surface area (Å²) in [5.41, 5.74) is 7.77. The number of carbonyl (C=O) groups is 1. The zero-order valence-corrected chi connectivity index (χ0v) is 14.4. The molecule has 0 spiro atoms. The van der Waals surface area contributed by atoms with Crippen molar-refractivity contribution in [3.63, 3.8) is 0 Å². The van der Waals surface area contributed by atoms with E-state index in [9.17, 15) is 4.79 Å². The van der Waals surface area contributed by atoms with Crippen LogP contribution in [0.3, 0.4) is 0 Å². The van der Waals surface area contributed by atoms with E-state index in [1.807, 2.05) is 61.5 Å². The van der Waals surface area contributed by atoms with E-state index in [2.05, 4.69) is 15.3 Å². The molecule has 26 heavy (non-hydrogen) atoms. The molecule has 1 heterocycles. The van der Waals surface area contributed by atoms with Crippen molar-refractivity contribution in [2.24, 2.45) is 0 Å². The lowest BCUT2D eigenvalue weighted by molar-refractivity contribution is 0.0938. The highest BCUT2D eigenvalue weighted by atomic mass is 16.5. The van der Waals surface area contributed by atoms with Crippen molar-refractivity contribution in [1.29, 1.82) is 0 Å². The van der Waals surface area contributed by atoms with Gasteiger partial charge in [0.15, 0.2) is 11.5 Å². The van der Waals surface area contributed by atoms with Crippen LogP contribution in [0.15, 0.2) is 67.0 Å². The Bertz CT molecular complexity index is 866. The predicted molar refractivity (Wildman–Crippen MR) is 99.8 cm³/mol. The minimum absolute atomic E-state index is 0.100. The number of amides is 1. The van der Waals surface area contributed by atoms with Crippen molar-refractivity contribution in [3.05, 3.63) is 83.8 Å². The third-order valence-electron chi connectivity index (χ3n) is 3.87. The molecule has 3 aromatic rings. The number of hydrogen-bond acceptors (Lipinski definition) is 5. The standard InChI is InChI=1S/C20H20N4O2/c1-2-26-16-10-8-15(9-11-16)17(14-6-4-3-5-7-14)24-20(25)18-19(21)23-13-12-22-18/h3-13,17H,2H2,1H3,(H2,21,23)(H,24,25). The summed E-state index contributed by atoms with van der Waals surface area (Å²) in [6.07, 6.45) is 2.90. The lowest BCUT2D eigenvalue weighted by Gasteiger charge is -2.20. The molecule has 0 aliphatic carbocycles. The molecule has 0 saturated carbocycles. The number of nitrogens with two attached hydrogens (primary N) is 1. The Kier molecular flexibility index (Phi) is 5.43. The topological polar surface area (TPSA) is 90.1 Å². The molecule has 132 valence electrons. The van der Waals surface area contributed by atoms with Crippen LogP contribution in [0, 0.1) is 0 Å². The highest BCUT2D eigenvalue weighted by Gasteiger charge is 2.20. The molecule has 0 aliphatic rings. The molecule has 0 bridgehead atoms. The first-order chi connectivity index (χ1) is 12.7. The Hall–Kier alpha value is -3.41. The van der Waals surface area contributed by atoms with Gasteiger partial charge in [0.1, 0.15) is 5.75 Å². The van der Waals surface area contributed by atoms with Gasteiger partial charge in [-0.1, -0.05) is 42.5 Å². The largest absolute Gasteiger partial charge is 0.494 e.